The van der Waals surface area contributed by atoms with Gasteiger partial charge in [-0.15, -0.1) is 0 Å². The van der Waals surface area contributed by atoms with E-state index in [1.54, 1.807) is 18.2 Å². The van der Waals surface area contributed by atoms with Gasteiger partial charge in [-0.1, -0.05) is 11.6 Å². The number of fused-ring (bicyclic) bond motifs is 1. The van der Waals surface area contributed by atoms with Crippen LogP contribution in [0.25, 0.3) is 0 Å². The van der Waals surface area contributed by atoms with E-state index < -0.39 is 15.8 Å². The second kappa shape index (κ2) is 6.31. The van der Waals surface area contributed by atoms with Crippen molar-refractivity contribution in [3.63, 3.8) is 0 Å². The molecule has 132 valence electrons. The van der Waals surface area contributed by atoms with Crippen LogP contribution in [0.15, 0.2) is 36.4 Å². The summed E-state index contributed by atoms with van der Waals surface area (Å²) in [6.45, 7) is 1.82. The zero-order valence-electron chi connectivity index (χ0n) is 13.6. The minimum Gasteiger partial charge on any atom is -0.322 e. The summed E-state index contributed by atoms with van der Waals surface area (Å²) < 4.78 is 38.4. The Morgan fingerprint density at radius 1 is 1.28 bits per heavy atom. The number of rotatable bonds is 3. The highest BCUT2D eigenvalue weighted by molar-refractivity contribution is 7.92. The van der Waals surface area contributed by atoms with Gasteiger partial charge in [0.2, 0.25) is 10.0 Å². The molecule has 1 N–H and O–H groups in total. The zero-order valence-corrected chi connectivity index (χ0v) is 15.2. The number of carbonyl (C=O) groups excluding carboxylic acids is 1. The van der Waals surface area contributed by atoms with Gasteiger partial charge in [-0.25, -0.2) is 12.8 Å². The van der Waals surface area contributed by atoms with Crippen molar-refractivity contribution in [2.24, 2.45) is 0 Å². The molecule has 2 aromatic rings. The van der Waals surface area contributed by atoms with Gasteiger partial charge < -0.3 is 5.32 Å². The molecule has 0 fully saturated rings. The summed E-state index contributed by atoms with van der Waals surface area (Å²) in [4.78, 5) is 12.4. The SMILES string of the molecule is C[C@@H]1Cc2cc(C(=O)Nc3ccc(F)c(Cl)c3)ccc2N1S(C)(=O)=O. The third kappa shape index (κ3) is 3.48. The first-order chi connectivity index (χ1) is 11.7. The smallest absolute Gasteiger partial charge is 0.255 e. The van der Waals surface area contributed by atoms with Gasteiger partial charge in [0.1, 0.15) is 5.82 Å². The van der Waals surface area contributed by atoms with Crippen molar-refractivity contribution in [2.45, 2.75) is 19.4 Å². The molecule has 25 heavy (non-hydrogen) atoms. The van der Waals surface area contributed by atoms with Gasteiger partial charge >= 0.3 is 0 Å². The van der Waals surface area contributed by atoms with Crippen LogP contribution in [0.2, 0.25) is 5.02 Å². The number of nitrogens with one attached hydrogen (secondary N) is 1. The lowest BCUT2D eigenvalue weighted by molar-refractivity contribution is 0.102. The van der Waals surface area contributed by atoms with Crippen LogP contribution in [0.4, 0.5) is 15.8 Å². The Labute approximate surface area is 150 Å². The first-order valence-electron chi connectivity index (χ1n) is 7.55. The zero-order chi connectivity index (χ0) is 18.4. The third-order valence-electron chi connectivity index (χ3n) is 4.03. The Morgan fingerprint density at radius 3 is 2.64 bits per heavy atom. The Bertz CT molecular complexity index is 962. The summed E-state index contributed by atoms with van der Waals surface area (Å²) in [5, 5.41) is 2.57. The van der Waals surface area contributed by atoms with Crippen LogP contribution in [-0.4, -0.2) is 26.6 Å². The number of nitrogens with zero attached hydrogens (tertiary/aromatic N) is 1. The molecule has 1 atom stereocenters. The standard InChI is InChI=1S/C17H16ClFN2O3S/c1-10-7-12-8-11(3-6-16(12)21(10)25(2,23)24)17(22)20-13-4-5-15(19)14(18)9-13/h3-6,8-10H,7H2,1-2H3,(H,20,22)/t10-/m1/s1. The molecular formula is C17H16ClFN2O3S. The molecule has 1 aliphatic rings. The van der Waals surface area contributed by atoms with Gasteiger partial charge in [-0.2, -0.15) is 0 Å². The first kappa shape index (κ1) is 17.7. The van der Waals surface area contributed by atoms with E-state index in [0.717, 1.165) is 11.8 Å². The van der Waals surface area contributed by atoms with Crippen LogP contribution in [-0.2, 0) is 16.4 Å². The second-order valence-electron chi connectivity index (χ2n) is 6.04. The average molecular weight is 383 g/mol. The molecule has 1 aliphatic heterocycles. The fourth-order valence-electron chi connectivity index (χ4n) is 3.03. The van der Waals surface area contributed by atoms with E-state index in [1.807, 2.05) is 6.92 Å². The summed E-state index contributed by atoms with van der Waals surface area (Å²) in [6.07, 6.45) is 1.70. The number of hydrogen-bond acceptors (Lipinski definition) is 3. The average Bonchev–Trinajstić information content (AvgIpc) is 2.85. The van der Waals surface area contributed by atoms with Crippen molar-refractivity contribution in [1.82, 2.24) is 0 Å². The van der Waals surface area contributed by atoms with Crippen molar-refractivity contribution in [2.75, 3.05) is 15.9 Å². The van der Waals surface area contributed by atoms with E-state index in [2.05, 4.69) is 5.32 Å². The number of carbonyl (C=O) groups is 1. The minimum absolute atomic E-state index is 0.0793. The summed E-state index contributed by atoms with van der Waals surface area (Å²) in [7, 11) is -3.37. The van der Waals surface area contributed by atoms with Gasteiger partial charge in [0.25, 0.3) is 5.91 Å². The molecule has 0 aliphatic carbocycles. The van der Waals surface area contributed by atoms with Gasteiger partial charge in [0.15, 0.2) is 0 Å². The Morgan fingerprint density at radius 2 is 2.00 bits per heavy atom. The van der Waals surface area contributed by atoms with E-state index in [4.69, 9.17) is 11.6 Å². The van der Waals surface area contributed by atoms with Crippen LogP contribution in [0.5, 0.6) is 0 Å². The predicted octanol–water partition coefficient (Wildman–Crippen LogP) is 3.44. The Hall–Kier alpha value is -2.12. The van der Waals surface area contributed by atoms with E-state index in [-0.39, 0.29) is 17.0 Å². The van der Waals surface area contributed by atoms with E-state index >= 15 is 0 Å². The molecule has 0 aromatic heterocycles. The number of anilines is 2. The first-order valence-corrected chi connectivity index (χ1v) is 9.78. The van der Waals surface area contributed by atoms with Crippen LogP contribution >= 0.6 is 11.6 Å². The predicted molar refractivity (Wildman–Crippen MR) is 96.3 cm³/mol. The lowest BCUT2D eigenvalue weighted by Gasteiger charge is -2.21. The largest absolute Gasteiger partial charge is 0.322 e. The van der Waals surface area contributed by atoms with Gasteiger partial charge in [0.05, 0.1) is 17.0 Å². The summed E-state index contributed by atoms with van der Waals surface area (Å²) in [6, 6.07) is 8.60. The van der Waals surface area contributed by atoms with Crippen molar-refractivity contribution >= 4 is 38.9 Å². The van der Waals surface area contributed by atoms with Crippen molar-refractivity contribution in [1.29, 1.82) is 0 Å². The van der Waals surface area contributed by atoms with E-state index in [1.165, 1.54) is 22.5 Å². The molecule has 1 heterocycles. The molecule has 0 bridgehead atoms. The van der Waals surface area contributed by atoms with Crippen molar-refractivity contribution in [3.05, 3.63) is 58.4 Å². The topological polar surface area (TPSA) is 66.5 Å². The monoisotopic (exact) mass is 382 g/mol. The molecule has 0 saturated heterocycles. The van der Waals surface area contributed by atoms with Crippen molar-refractivity contribution < 1.29 is 17.6 Å². The normalized spacial score (nSPS) is 16.6. The quantitative estimate of drug-likeness (QED) is 0.884. The molecule has 5 nitrogen and oxygen atoms in total. The highest BCUT2D eigenvalue weighted by Crippen LogP contribution is 2.34. The number of halogens is 2. The maximum absolute atomic E-state index is 13.2. The molecule has 0 spiro atoms. The maximum Gasteiger partial charge on any atom is 0.255 e. The van der Waals surface area contributed by atoms with Crippen LogP contribution in [0, 0.1) is 5.82 Å². The minimum atomic E-state index is -3.37. The molecule has 2 aromatic carbocycles. The fraction of sp³-hybridized carbons (Fsp3) is 0.235. The van der Waals surface area contributed by atoms with Gasteiger partial charge in [-0.3, -0.25) is 9.10 Å². The highest BCUT2D eigenvalue weighted by atomic mass is 35.5. The van der Waals surface area contributed by atoms with E-state index in [0.29, 0.717) is 23.4 Å². The number of hydrogen-bond donors (Lipinski definition) is 1. The molecule has 1 amide bonds. The number of benzene rings is 2. The lowest BCUT2D eigenvalue weighted by Crippen LogP contribution is -2.34. The molecule has 0 unspecified atom stereocenters. The Kier molecular flexibility index (Phi) is 4.47. The summed E-state index contributed by atoms with van der Waals surface area (Å²) in [5.41, 5.74) is 2.16. The highest BCUT2D eigenvalue weighted by Gasteiger charge is 2.32. The molecule has 0 saturated carbocycles. The van der Waals surface area contributed by atoms with Gasteiger partial charge in [-0.05, 0) is 55.3 Å². The van der Waals surface area contributed by atoms with Crippen LogP contribution in [0.3, 0.4) is 0 Å². The third-order valence-corrected chi connectivity index (χ3v) is 5.59. The molecular weight excluding hydrogens is 367 g/mol. The number of amides is 1. The van der Waals surface area contributed by atoms with Crippen molar-refractivity contribution in [3.8, 4) is 0 Å². The molecule has 8 heteroatoms. The fourth-order valence-corrected chi connectivity index (χ4v) is 4.47. The second-order valence-corrected chi connectivity index (χ2v) is 8.31. The van der Waals surface area contributed by atoms with Crippen LogP contribution < -0.4 is 9.62 Å². The molecule has 3 rings (SSSR count). The Balaban J connectivity index is 1.86. The van der Waals surface area contributed by atoms with Crippen LogP contribution in [0.1, 0.15) is 22.8 Å². The van der Waals surface area contributed by atoms with Gasteiger partial charge in [0, 0.05) is 17.3 Å². The maximum atomic E-state index is 13.2. The summed E-state index contributed by atoms with van der Waals surface area (Å²) >= 11 is 5.71. The lowest BCUT2D eigenvalue weighted by atomic mass is 10.1. The van der Waals surface area contributed by atoms with E-state index in [9.17, 15) is 17.6 Å². The summed E-state index contributed by atoms with van der Waals surface area (Å²) in [5.74, 6) is -0.942. The molecule has 0 radical (unpaired) electrons. The number of sulfonamides is 1.